The van der Waals surface area contributed by atoms with Gasteiger partial charge in [-0.15, -0.1) is 0 Å². The van der Waals surface area contributed by atoms with Crippen LogP contribution in [0.15, 0.2) is 0 Å². The molecule has 1 N–H and O–H groups in total. The fourth-order valence-electron chi connectivity index (χ4n) is 1.22. The molecule has 0 rings (SSSR count). The van der Waals surface area contributed by atoms with Crippen LogP contribution in [0.25, 0.3) is 0 Å². The summed E-state index contributed by atoms with van der Waals surface area (Å²) in [6.07, 6.45) is 0.586. The number of nitrogens with zero attached hydrogens (tertiary/aromatic N) is 1. The van der Waals surface area contributed by atoms with Gasteiger partial charge in [-0.2, -0.15) is 0 Å². The average molecular weight is 186 g/mol. The number of carbonyl (C=O) groups is 1. The van der Waals surface area contributed by atoms with E-state index < -0.39 is 0 Å². The third-order valence-electron chi connectivity index (χ3n) is 1.73. The lowest BCUT2D eigenvalue weighted by Crippen LogP contribution is -2.35. The Hall–Kier alpha value is -0.570. The minimum atomic E-state index is 0.185. The summed E-state index contributed by atoms with van der Waals surface area (Å²) in [5.74, 6) is 0.212. The minimum Gasteiger partial charge on any atom is -0.345 e. The van der Waals surface area contributed by atoms with E-state index in [0.717, 1.165) is 13.1 Å². The predicted octanol–water partition coefficient (Wildman–Crippen LogP) is 1.10. The topological polar surface area (TPSA) is 32.3 Å². The Kier molecular flexibility index (Phi) is 4.99. The maximum absolute atomic E-state index is 11.5. The highest BCUT2D eigenvalue weighted by molar-refractivity contribution is 5.76. The van der Waals surface area contributed by atoms with Crippen molar-refractivity contribution in [1.82, 2.24) is 10.2 Å². The van der Waals surface area contributed by atoms with Crippen LogP contribution in [0.1, 0.15) is 27.2 Å². The van der Waals surface area contributed by atoms with E-state index in [4.69, 9.17) is 0 Å². The molecule has 0 saturated carbocycles. The minimum absolute atomic E-state index is 0.185. The zero-order valence-electron chi connectivity index (χ0n) is 9.48. The molecule has 0 bridgehead atoms. The Morgan fingerprint density at radius 1 is 1.38 bits per heavy atom. The number of rotatable bonds is 4. The van der Waals surface area contributed by atoms with Crippen LogP contribution in [0.4, 0.5) is 0 Å². The molecule has 13 heavy (non-hydrogen) atoms. The van der Waals surface area contributed by atoms with Crippen LogP contribution in [0.3, 0.4) is 0 Å². The summed E-state index contributed by atoms with van der Waals surface area (Å²) >= 11 is 0. The molecule has 0 aromatic carbocycles. The van der Waals surface area contributed by atoms with Gasteiger partial charge in [-0.3, -0.25) is 4.79 Å². The summed E-state index contributed by atoms with van der Waals surface area (Å²) in [5.41, 5.74) is 0.185. The molecular formula is C10H22N2O. The van der Waals surface area contributed by atoms with Gasteiger partial charge in [-0.1, -0.05) is 20.8 Å². The fourth-order valence-corrected chi connectivity index (χ4v) is 1.22. The van der Waals surface area contributed by atoms with E-state index in [9.17, 15) is 4.79 Å². The highest BCUT2D eigenvalue weighted by Gasteiger charge is 2.16. The van der Waals surface area contributed by atoms with Gasteiger partial charge in [0.15, 0.2) is 0 Å². The van der Waals surface area contributed by atoms with Crippen LogP contribution in [0, 0.1) is 5.41 Å². The van der Waals surface area contributed by atoms with Gasteiger partial charge >= 0.3 is 0 Å². The van der Waals surface area contributed by atoms with E-state index in [-0.39, 0.29) is 11.3 Å². The zero-order chi connectivity index (χ0) is 10.5. The van der Waals surface area contributed by atoms with E-state index in [1.54, 1.807) is 4.90 Å². The molecule has 78 valence electrons. The van der Waals surface area contributed by atoms with E-state index >= 15 is 0 Å². The Morgan fingerprint density at radius 2 is 1.92 bits per heavy atom. The van der Waals surface area contributed by atoms with Crippen molar-refractivity contribution in [2.75, 3.05) is 27.2 Å². The van der Waals surface area contributed by atoms with Crippen molar-refractivity contribution in [3.8, 4) is 0 Å². The summed E-state index contributed by atoms with van der Waals surface area (Å²) < 4.78 is 0. The molecule has 0 saturated heterocycles. The molecule has 0 unspecified atom stereocenters. The number of amides is 1. The Bertz CT molecular complexity index is 161. The summed E-state index contributed by atoms with van der Waals surface area (Å²) in [6.45, 7) is 7.97. The summed E-state index contributed by atoms with van der Waals surface area (Å²) in [6, 6.07) is 0. The molecular weight excluding hydrogens is 164 g/mol. The van der Waals surface area contributed by atoms with Crippen molar-refractivity contribution in [1.29, 1.82) is 0 Å². The Morgan fingerprint density at radius 3 is 2.31 bits per heavy atom. The van der Waals surface area contributed by atoms with E-state index in [1.807, 2.05) is 14.1 Å². The lowest BCUT2D eigenvalue weighted by Gasteiger charge is -2.26. The summed E-state index contributed by atoms with van der Waals surface area (Å²) in [5, 5.41) is 2.97. The highest BCUT2D eigenvalue weighted by atomic mass is 16.2. The first-order chi connectivity index (χ1) is 5.87. The van der Waals surface area contributed by atoms with Gasteiger partial charge in [0.2, 0.25) is 5.91 Å². The monoisotopic (exact) mass is 186 g/mol. The van der Waals surface area contributed by atoms with Gasteiger partial charge in [0.05, 0.1) is 0 Å². The van der Waals surface area contributed by atoms with Crippen molar-refractivity contribution in [3.63, 3.8) is 0 Å². The second-order valence-corrected chi connectivity index (χ2v) is 4.66. The number of hydrogen-bond acceptors (Lipinski definition) is 2. The zero-order valence-corrected chi connectivity index (χ0v) is 9.48. The smallest absolute Gasteiger partial charge is 0.223 e. The predicted molar refractivity (Wildman–Crippen MR) is 55.6 cm³/mol. The molecule has 0 atom stereocenters. The van der Waals surface area contributed by atoms with Gasteiger partial charge in [0.1, 0.15) is 0 Å². The van der Waals surface area contributed by atoms with Crippen molar-refractivity contribution in [2.45, 2.75) is 27.2 Å². The third kappa shape index (κ3) is 6.58. The molecule has 0 aromatic heterocycles. The number of hydrogen-bond donors (Lipinski definition) is 1. The van der Waals surface area contributed by atoms with Crippen LogP contribution in [0.5, 0.6) is 0 Å². The lowest BCUT2D eigenvalue weighted by atomic mass is 9.96. The van der Waals surface area contributed by atoms with Gasteiger partial charge in [-0.25, -0.2) is 0 Å². The first-order valence-corrected chi connectivity index (χ1v) is 4.75. The number of nitrogens with one attached hydrogen (secondary N) is 1. The molecule has 3 heteroatoms. The highest BCUT2D eigenvalue weighted by Crippen LogP contribution is 2.14. The molecule has 0 radical (unpaired) electrons. The van der Waals surface area contributed by atoms with Crippen molar-refractivity contribution < 1.29 is 4.79 Å². The molecule has 0 aromatic rings. The molecule has 1 amide bonds. The van der Waals surface area contributed by atoms with Gasteiger partial charge in [0.25, 0.3) is 0 Å². The first kappa shape index (κ1) is 12.4. The fraction of sp³-hybridized carbons (Fsp3) is 0.900. The van der Waals surface area contributed by atoms with Gasteiger partial charge in [0, 0.05) is 26.6 Å². The Labute approximate surface area is 81.5 Å². The lowest BCUT2D eigenvalue weighted by molar-refractivity contribution is -0.130. The second-order valence-electron chi connectivity index (χ2n) is 4.66. The molecule has 0 aliphatic rings. The van der Waals surface area contributed by atoms with Crippen LogP contribution < -0.4 is 5.32 Å². The van der Waals surface area contributed by atoms with Crippen LogP contribution in [0.2, 0.25) is 0 Å². The molecule has 0 aliphatic heterocycles. The molecule has 0 fully saturated rings. The quantitative estimate of drug-likeness (QED) is 0.713. The standard InChI is InChI=1S/C10H22N2O/c1-10(2,3)8-12(5)9(13)6-7-11-4/h11H,6-8H2,1-5H3. The molecule has 0 spiro atoms. The van der Waals surface area contributed by atoms with Gasteiger partial charge in [-0.05, 0) is 12.5 Å². The van der Waals surface area contributed by atoms with Crippen molar-refractivity contribution >= 4 is 5.91 Å². The van der Waals surface area contributed by atoms with Crippen molar-refractivity contribution in [3.05, 3.63) is 0 Å². The van der Waals surface area contributed by atoms with Crippen LogP contribution >= 0.6 is 0 Å². The molecule has 0 aliphatic carbocycles. The van der Waals surface area contributed by atoms with E-state index in [0.29, 0.717) is 6.42 Å². The van der Waals surface area contributed by atoms with E-state index in [2.05, 4.69) is 26.1 Å². The number of carbonyl (C=O) groups excluding carboxylic acids is 1. The largest absolute Gasteiger partial charge is 0.345 e. The SMILES string of the molecule is CNCCC(=O)N(C)CC(C)(C)C. The maximum Gasteiger partial charge on any atom is 0.223 e. The van der Waals surface area contributed by atoms with Crippen LogP contribution in [-0.2, 0) is 4.79 Å². The van der Waals surface area contributed by atoms with Gasteiger partial charge < -0.3 is 10.2 Å². The second kappa shape index (κ2) is 5.22. The third-order valence-corrected chi connectivity index (χ3v) is 1.73. The molecule has 0 heterocycles. The van der Waals surface area contributed by atoms with E-state index in [1.165, 1.54) is 0 Å². The maximum atomic E-state index is 11.5. The average Bonchev–Trinajstić information content (AvgIpc) is 1.96. The summed E-state index contributed by atoms with van der Waals surface area (Å²) in [4.78, 5) is 13.3. The molecule has 3 nitrogen and oxygen atoms in total. The van der Waals surface area contributed by atoms with Crippen LogP contribution in [-0.4, -0.2) is 38.0 Å². The summed E-state index contributed by atoms with van der Waals surface area (Å²) in [7, 11) is 3.72. The normalized spacial score (nSPS) is 11.5. The Balaban J connectivity index is 3.83. The first-order valence-electron chi connectivity index (χ1n) is 4.75. The van der Waals surface area contributed by atoms with Crippen molar-refractivity contribution in [2.24, 2.45) is 5.41 Å².